The van der Waals surface area contributed by atoms with Crippen molar-refractivity contribution in [2.45, 2.75) is 6.92 Å². The predicted octanol–water partition coefficient (Wildman–Crippen LogP) is 3.01. The number of amides is 1. The maximum absolute atomic E-state index is 12.6. The van der Waals surface area contributed by atoms with Crippen molar-refractivity contribution in [3.8, 4) is 11.4 Å². The number of phenolic OH excluding ortho intramolecular Hbond substituents is 1. The number of H-pyrrole nitrogens is 1. The molecule has 0 atom stereocenters. The summed E-state index contributed by atoms with van der Waals surface area (Å²) in [4.78, 5) is 12.6. The predicted molar refractivity (Wildman–Crippen MR) is 94.0 cm³/mol. The monoisotopic (exact) mass is 333 g/mol. The van der Waals surface area contributed by atoms with Crippen LogP contribution >= 0.6 is 0 Å². The normalized spacial score (nSPS) is 10.9. The first-order chi connectivity index (χ1) is 12.1. The molecule has 3 N–H and O–H groups in total. The highest BCUT2D eigenvalue weighted by molar-refractivity contribution is 6.08. The molecule has 2 heterocycles. The fourth-order valence-corrected chi connectivity index (χ4v) is 2.74. The first-order valence-electron chi connectivity index (χ1n) is 7.72. The molecular formula is C18H15N5O2. The Kier molecular flexibility index (Phi) is 3.46. The Balaban J connectivity index is 1.64. The van der Waals surface area contributed by atoms with Gasteiger partial charge in [0.1, 0.15) is 5.75 Å². The Morgan fingerprint density at radius 3 is 2.80 bits per heavy atom. The van der Waals surface area contributed by atoms with E-state index in [1.54, 1.807) is 29.1 Å². The summed E-state index contributed by atoms with van der Waals surface area (Å²) in [5.41, 5.74) is 2.74. The van der Waals surface area contributed by atoms with E-state index >= 15 is 0 Å². The second-order valence-corrected chi connectivity index (χ2v) is 5.65. The van der Waals surface area contributed by atoms with Crippen LogP contribution in [0.15, 0.2) is 54.7 Å². The summed E-state index contributed by atoms with van der Waals surface area (Å²) in [6.07, 6.45) is 1.54. The number of nitrogens with one attached hydrogen (secondary N) is 2. The number of rotatable bonds is 3. The summed E-state index contributed by atoms with van der Waals surface area (Å²) in [7, 11) is 0. The molecule has 0 aliphatic rings. The number of anilines is 1. The number of hydrogen-bond acceptors (Lipinski definition) is 4. The van der Waals surface area contributed by atoms with Crippen molar-refractivity contribution in [2.75, 3.05) is 5.32 Å². The fraction of sp³-hybridized carbons (Fsp3) is 0.0556. The minimum Gasteiger partial charge on any atom is -0.508 e. The van der Waals surface area contributed by atoms with Crippen molar-refractivity contribution in [1.82, 2.24) is 20.0 Å². The summed E-state index contributed by atoms with van der Waals surface area (Å²) < 4.78 is 1.72. The summed E-state index contributed by atoms with van der Waals surface area (Å²) in [6.45, 7) is 1.84. The van der Waals surface area contributed by atoms with Crippen LogP contribution in [0.5, 0.6) is 5.75 Å². The lowest BCUT2D eigenvalue weighted by Crippen LogP contribution is -2.13. The lowest BCUT2D eigenvalue weighted by Gasteiger charge is -2.05. The molecule has 0 aliphatic carbocycles. The fourth-order valence-electron chi connectivity index (χ4n) is 2.74. The van der Waals surface area contributed by atoms with E-state index in [1.165, 1.54) is 0 Å². The molecule has 0 radical (unpaired) electrons. The van der Waals surface area contributed by atoms with E-state index in [0.717, 1.165) is 16.8 Å². The minimum absolute atomic E-state index is 0.133. The molecule has 0 aliphatic heterocycles. The van der Waals surface area contributed by atoms with Crippen LogP contribution in [-0.4, -0.2) is 31.0 Å². The van der Waals surface area contributed by atoms with Gasteiger partial charge in [0.05, 0.1) is 28.7 Å². The lowest BCUT2D eigenvalue weighted by molar-refractivity contribution is 0.102. The molecule has 0 saturated carbocycles. The van der Waals surface area contributed by atoms with Gasteiger partial charge in [0.15, 0.2) is 5.82 Å². The first-order valence-corrected chi connectivity index (χ1v) is 7.72. The number of aromatic nitrogens is 4. The van der Waals surface area contributed by atoms with E-state index in [9.17, 15) is 9.90 Å². The third-order valence-electron chi connectivity index (χ3n) is 4.03. The van der Waals surface area contributed by atoms with Crippen LogP contribution in [0.2, 0.25) is 0 Å². The van der Waals surface area contributed by atoms with Gasteiger partial charge < -0.3 is 10.4 Å². The molecule has 0 spiro atoms. The number of carbonyl (C=O) groups is 1. The summed E-state index contributed by atoms with van der Waals surface area (Å²) in [5.74, 6) is 0.252. The lowest BCUT2D eigenvalue weighted by atomic mass is 10.2. The minimum atomic E-state index is -0.291. The number of hydrogen-bond donors (Lipinski definition) is 3. The van der Waals surface area contributed by atoms with Gasteiger partial charge in [-0.05, 0) is 31.2 Å². The smallest absolute Gasteiger partial charge is 0.260 e. The summed E-state index contributed by atoms with van der Waals surface area (Å²) >= 11 is 0. The Bertz CT molecular complexity index is 1070. The summed E-state index contributed by atoms with van der Waals surface area (Å²) in [6, 6.07) is 14.4. The molecule has 1 amide bonds. The van der Waals surface area contributed by atoms with Gasteiger partial charge in [-0.2, -0.15) is 10.2 Å². The molecular weight excluding hydrogens is 318 g/mol. The molecule has 0 saturated heterocycles. The number of nitrogens with zero attached hydrogens (tertiary/aromatic N) is 3. The number of phenols is 1. The van der Waals surface area contributed by atoms with Crippen molar-refractivity contribution in [2.24, 2.45) is 0 Å². The zero-order valence-electron chi connectivity index (χ0n) is 13.4. The van der Waals surface area contributed by atoms with Crippen LogP contribution in [0.4, 0.5) is 5.82 Å². The Morgan fingerprint density at radius 2 is 2.00 bits per heavy atom. The quantitative estimate of drug-likeness (QED) is 0.537. The number of aromatic hydroxyl groups is 1. The zero-order chi connectivity index (χ0) is 17.4. The number of para-hydroxylation sites is 1. The van der Waals surface area contributed by atoms with Gasteiger partial charge in [-0.3, -0.25) is 9.89 Å². The largest absolute Gasteiger partial charge is 0.508 e. The van der Waals surface area contributed by atoms with Gasteiger partial charge in [0.2, 0.25) is 0 Å². The summed E-state index contributed by atoms with van der Waals surface area (Å²) in [5, 5.41) is 24.2. The van der Waals surface area contributed by atoms with Crippen molar-refractivity contribution in [1.29, 1.82) is 0 Å². The maximum Gasteiger partial charge on any atom is 0.260 e. The highest BCUT2D eigenvalue weighted by Crippen LogP contribution is 2.24. The van der Waals surface area contributed by atoms with Crippen molar-refractivity contribution in [3.63, 3.8) is 0 Å². The van der Waals surface area contributed by atoms with Crippen LogP contribution < -0.4 is 5.32 Å². The SMILES string of the molecule is Cc1c(C(=O)Nc2n[nH]c3cc(O)ccc23)cnn1-c1ccccc1. The van der Waals surface area contributed by atoms with Gasteiger partial charge in [0, 0.05) is 11.5 Å². The van der Waals surface area contributed by atoms with Crippen LogP contribution in [0.3, 0.4) is 0 Å². The Morgan fingerprint density at radius 1 is 1.20 bits per heavy atom. The molecule has 2 aromatic carbocycles. The van der Waals surface area contributed by atoms with E-state index in [1.807, 2.05) is 37.3 Å². The first kappa shape index (κ1) is 14.9. The van der Waals surface area contributed by atoms with Gasteiger partial charge in [0.25, 0.3) is 5.91 Å². The van der Waals surface area contributed by atoms with Gasteiger partial charge >= 0.3 is 0 Å². The number of benzene rings is 2. The van der Waals surface area contributed by atoms with Crippen molar-refractivity contribution in [3.05, 3.63) is 66.0 Å². The van der Waals surface area contributed by atoms with Crippen LogP contribution in [-0.2, 0) is 0 Å². The molecule has 124 valence electrons. The zero-order valence-corrected chi connectivity index (χ0v) is 13.4. The van der Waals surface area contributed by atoms with E-state index in [2.05, 4.69) is 20.6 Å². The highest BCUT2D eigenvalue weighted by Gasteiger charge is 2.17. The number of carbonyl (C=O) groups excluding carboxylic acids is 1. The molecule has 4 rings (SSSR count). The number of aromatic amines is 1. The Labute approximate surface area is 142 Å². The van der Waals surface area contributed by atoms with E-state index < -0.39 is 0 Å². The standard InChI is InChI=1S/C18H15N5O2/c1-11-15(10-19-23(11)12-5-3-2-4-6-12)18(25)20-17-14-8-7-13(24)9-16(14)21-22-17/h2-10,24H,1H3,(H2,20,21,22,25). The third kappa shape index (κ3) is 2.61. The van der Waals surface area contributed by atoms with Gasteiger partial charge in [-0.15, -0.1) is 0 Å². The maximum atomic E-state index is 12.6. The second-order valence-electron chi connectivity index (χ2n) is 5.65. The second kappa shape index (κ2) is 5.79. The average molecular weight is 333 g/mol. The molecule has 0 fully saturated rings. The molecule has 0 bridgehead atoms. The van der Waals surface area contributed by atoms with Gasteiger partial charge in [-0.1, -0.05) is 18.2 Å². The van der Waals surface area contributed by atoms with Crippen molar-refractivity contribution < 1.29 is 9.90 Å². The van der Waals surface area contributed by atoms with Crippen molar-refractivity contribution >= 4 is 22.6 Å². The number of fused-ring (bicyclic) bond motifs is 1. The van der Waals surface area contributed by atoms with Crippen LogP contribution in [0.25, 0.3) is 16.6 Å². The third-order valence-corrected chi connectivity index (χ3v) is 4.03. The van der Waals surface area contributed by atoms with E-state index in [4.69, 9.17) is 0 Å². The average Bonchev–Trinajstić information content (AvgIpc) is 3.19. The van der Waals surface area contributed by atoms with Gasteiger partial charge in [-0.25, -0.2) is 4.68 Å². The molecule has 25 heavy (non-hydrogen) atoms. The molecule has 7 heteroatoms. The van der Waals surface area contributed by atoms with Crippen LogP contribution in [0.1, 0.15) is 16.1 Å². The van der Waals surface area contributed by atoms with Crippen LogP contribution in [0, 0.1) is 6.92 Å². The topological polar surface area (TPSA) is 95.8 Å². The Hall–Kier alpha value is -3.61. The van der Waals surface area contributed by atoms with E-state index in [-0.39, 0.29) is 11.7 Å². The molecule has 4 aromatic rings. The molecule has 2 aromatic heterocycles. The molecule has 0 unspecified atom stereocenters. The highest BCUT2D eigenvalue weighted by atomic mass is 16.3. The van der Waals surface area contributed by atoms with E-state index in [0.29, 0.717) is 16.9 Å². The molecule has 7 nitrogen and oxygen atoms in total.